The summed E-state index contributed by atoms with van der Waals surface area (Å²) in [5, 5.41) is 14.1. The number of carbonyl (C=O) groups excluding carboxylic acids is 3. The quantitative estimate of drug-likeness (QED) is 0.250. The van der Waals surface area contributed by atoms with Gasteiger partial charge in [-0.05, 0) is 25.2 Å². The fourth-order valence-corrected chi connectivity index (χ4v) is 3.53. The number of aliphatic carboxylic acids is 1. The zero-order chi connectivity index (χ0) is 21.4. The molecule has 28 heavy (non-hydrogen) atoms. The summed E-state index contributed by atoms with van der Waals surface area (Å²) in [4.78, 5) is 50.0. The first-order chi connectivity index (χ1) is 13.1. The molecule has 0 saturated carbocycles. The van der Waals surface area contributed by atoms with Gasteiger partial charge in [-0.1, -0.05) is 13.8 Å². The van der Waals surface area contributed by atoms with E-state index in [1.165, 1.54) is 4.90 Å². The molecule has 3 amide bonds. The Morgan fingerprint density at radius 2 is 1.75 bits per heavy atom. The van der Waals surface area contributed by atoms with Crippen LogP contribution in [0.15, 0.2) is 0 Å². The number of likely N-dealkylation sites (tertiary alicyclic amines) is 1. The molecule has 0 spiro atoms. The zero-order valence-corrected chi connectivity index (χ0v) is 17.9. The summed E-state index contributed by atoms with van der Waals surface area (Å²) in [5.74, 6) is -2.40. The molecule has 1 heterocycles. The van der Waals surface area contributed by atoms with Gasteiger partial charge in [-0.15, -0.1) is 0 Å². The smallest absolute Gasteiger partial charge is 0.327 e. The van der Waals surface area contributed by atoms with Crippen molar-refractivity contribution in [3.05, 3.63) is 0 Å². The van der Waals surface area contributed by atoms with Crippen LogP contribution in [0.3, 0.4) is 0 Å². The van der Waals surface area contributed by atoms with Crippen molar-refractivity contribution in [2.24, 2.45) is 11.7 Å². The molecule has 1 saturated heterocycles. The topological polar surface area (TPSA) is 142 Å². The van der Waals surface area contributed by atoms with E-state index >= 15 is 0 Å². The van der Waals surface area contributed by atoms with E-state index in [2.05, 4.69) is 35.9 Å². The molecule has 1 aliphatic rings. The van der Waals surface area contributed by atoms with Gasteiger partial charge in [0.2, 0.25) is 17.7 Å². The maximum Gasteiger partial charge on any atom is 0.327 e. The van der Waals surface area contributed by atoms with Crippen LogP contribution in [-0.2, 0) is 19.2 Å². The summed E-state index contributed by atoms with van der Waals surface area (Å²) in [6.07, 6.45) is 1.49. The van der Waals surface area contributed by atoms with Crippen LogP contribution in [-0.4, -0.2) is 75.9 Å². The summed E-state index contributed by atoms with van der Waals surface area (Å²) in [6.45, 7) is 4.22. The number of carbonyl (C=O) groups is 4. The van der Waals surface area contributed by atoms with Crippen LogP contribution in [0, 0.1) is 5.92 Å². The lowest BCUT2D eigenvalue weighted by Crippen LogP contribution is -2.57. The largest absolute Gasteiger partial charge is 0.480 e. The average Bonchev–Trinajstić information content (AvgIpc) is 3.12. The van der Waals surface area contributed by atoms with E-state index in [0.29, 0.717) is 25.8 Å². The maximum atomic E-state index is 12.9. The van der Waals surface area contributed by atoms with Crippen molar-refractivity contribution in [1.82, 2.24) is 15.5 Å². The Hall–Kier alpha value is -1.46. The number of amides is 3. The Morgan fingerprint density at radius 3 is 2.25 bits per heavy atom. The van der Waals surface area contributed by atoms with Crippen molar-refractivity contribution in [2.45, 2.75) is 57.3 Å². The van der Waals surface area contributed by atoms with Gasteiger partial charge in [0, 0.05) is 18.1 Å². The molecule has 5 N–H and O–H groups in total. The van der Waals surface area contributed by atoms with Gasteiger partial charge in [-0.25, -0.2) is 4.79 Å². The summed E-state index contributed by atoms with van der Waals surface area (Å²) < 4.78 is 0. The Balaban J connectivity index is 2.79. The van der Waals surface area contributed by atoms with E-state index < -0.39 is 47.9 Å². The first kappa shape index (κ1) is 24.6. The maximum absolute atomic E-state index is 12.9. The number of nitrogens with one attached hydrogen (secondary N) is 2. The second kappa shape index (κ2) is 11.5. The molecule has 4 atom stereocenters. The van der Waals surface area contributed by atoms with Crippen LogP contribution >= 0.6 is 25.3 Å². The van der Waals surface area contributed by atoms with E-state index in [1.807, 2.05) is 13.8 Å². The molecule has 0 radical (unpaired) electrons. The third-order valence-electron chi connectivity index (χ3n) is 4.49. The van der Waals surface area contributed by atoms with Crippen LogP contribution in [0.4, 0.5) is 0 Å². The molecule has 1 rings (SSSR count). The van der Waals surface area contributed by atoms with Gasteiger partial charge in [0.05, 0.1) is 6.04 Å². The predicted molar refractivity (Wildman–Crippen MR) is 111 cm³/mol. The number of rotatable bonds is 10. The minimum Gasteiger partial charge on any atom is -0.480 e. The van der Waals surface area contributed by atoms with Gasteiger partial charge in [-0.2, -0.15) is 25.3 Å². The highest BCUT2D eigenvalue weighted by atomic mass is 32.1. The highest BCUT2D eigenvalue weighted by Gasteiger charge is 2.38. The Kier molecular flexibility index (Phi) is 10.1. The van der Waals surface area contributed by atoms with Crippen LogP contribution in [0.5, 0.6) is 0 Å². The molecule has 1 fully saturated rings. The fourth-order valence-electron chi connectivity index (χ4n) is 3.04. The van der Waals surface area contributed by atoms with Crippen LogP contribution < -0.4 is 16.4 Å². The highest BCUT2D eigenvalue weighted by molar-refractivity contribution is 7.80. The Labute approximate surface area is 176 Å². The first-order valence-electron chi connectivity index (χ1n) is 9.23. The lowest BCUT2D eigenvalue weighted by molar-refractivity contribution is -0.144. The lowest BCUT2D eigenvalue weighted by atomic mass is 10.0. The molecular formula is C17H30N4O5S2. The minimum absolute atomic E-state index is 0.0538. The van der Waals surface area contributed by atoms with Crippen LogP contribution in [0.25, 0.3) is 0 Å². The summed E-state index contributed by atoms with van der Waals surface area (Å²) in [5.41, 5.74) is 5.86. The van der Waals surface area contributed by atoms with Crippen LogP contribution in [0.1, 0.15) is 33.1 Å². The molecule has 9 nitrogen and oxygen atoms in total. The second-order valence-electron chi connectivity index (χ2n) is 7.25. The molecule has 0 aromatic rings. The number of nitrogens with two attached hydrogens (primary N) is 1. The first-order valence-corrected chi connectivity index (χ1v) is 10.5. The van der Waals surface area contributed by atoms with Crippen molar-refractivity contribution in [3.63, 3.8) is 0 Å². The third-order valence-corrected chi connectivity index (χ3v) is 5.23. The number of nitrogens with zero attached hydrogens (tertiary/aromatic N) is 1. The molecule has 1 aliphatic heterocycles. The fraction of sp³-hybridized carbons (Fsp3) is 0.765. The van der Waals surface area contributed by atoms with Crippen molar-refractivity contribution in [2.75, 3.05) is 18.1 Å². The molecule has 4 unspecified atom stereocenters. The number of carboxylic acids is 1. The molecule has 0 aromatic carbocycles. The summed E-state index contributed by atoms with van der Waals surface area (Å²) >= 11 is 8.07. The van der Waals surface area contributed by atoms with E-state index in [0.717, 1.165) is 0 Å². The summed E-state index contributed by atoms with van der Waals surface area (Å²) in [7, 11) is 0. The summed E-state index contributed by atoms with van der Waals surface area (Å²) in [6, 6.07) is -3.58. The molecule has 160 valence electrons. The van der Waals surface area contributed by atoms with Crippen molar-refractivity contribution in [3.8, 4) is 0 Å². The standard InChI is InChI=1S/C17H30N4O5S2/c1-9(2)6-10(18)14(22)19-11(7-27)16(24)21-5-3-4-13(21)15(23)20-12(8-28)17(25)26/h9-13,27-28H,3-8,18H2,1-2H3,(H,19,22)(H,20,23)(H,25,26). The molecule has 0 aromatic heterocycles. The monoisotopic (exact) mass is 434 g/mol. The van der Waals surface area contributed by atoms with Crippen LogP contribution in [0.2, 0.25) is 0 Å². The van der Waals surface area contributed by atoms with Gasteiger partial charge < -0.3 is 26.4 Å². The SMILES string of the molecule is CC(C)CC(N)C(=O)NC(CS)C(=O)N1CCCC1C(=O)NC(CS)C(=O)O. The van der Waals surface area contributed by atoms with Gasteiger partial charge in [0.1, 0.15) is 18.1 Å². The van der Waals surface area contributed by atoms with Crippen molar-refractivity contribution < 1.29 is 24.3 Å². The van der Waals surface area contributed by atoms with E-state index in [4.69, 9.17) is 10.8 Å². The number of hydrogen-bond acceptors (Lipinski definition) is 7. The Bertz CT molecular complexity index is 590. The normalized spacial score (nSPS) is 19.8. The molecular weight excluding hydrogens is 404 g/mol. The lowest BCUT2D eigenvalue weighted by Gasteiger charge is -2.29. The van der Waals surface area contributed by atoms with Crippen molar-refractivity contribution >= 4 is 48.9 Å². The third kappa shape index (κ3) is 6.85. The van der Waals surface area contributed by atoms with E-state index in [-0.39, 0.29) is 17.4 Å². The second-order valence-corrected chi connectivity index (χ2v) is 7.98. The highest BCUT2D eigenvalue weighted by Crippen LogP contribution is 2.19. The van der Waals surface area contributed by atoms with Crippen molar-refractivity contribution in [1.29, 1.82) is 0 Å². The molecule has 11 heteroatoms. The zero-order valence-electron chi connectivity index (χ0n) is 16.1. The molecule has 0 bridgehead atoms. The number of thiol groups is 2. The van der Waals surface area contributed by atoms with Gasteiger partial charge in [-0.3, -0.25) is 14.4 Å². The Morgan fingerprint density at radius 1 is 1.14 bits per heavy atom. The van der Waals surface area contributed by atoms with E-state index in [9.17, 15) is 19.2 Å². The average molecular weight is 435 g/mol. The number of carboxylic acid groups (broad SMARTS) is 1. The number of hydrogen-bond donors (Lipinski definition) is 6. The minimum atomic E-state index is -1.20. The molecule has 0 aliphatic carbocycles. The predicted octanol–water partition coefficient (Wildman–Crippen LogP) is -0.735. The van der Waals surface area contributed by atoms with Gasteiger partial charge >= 0.3 is 5.97 Å². The van der Waals surface area contributed by atoms with E-state index in [1.54, 1.807) is 0 Å². The van der Waals surface area contributed by atoms with Gasteiger partial charge in [0.25, 0.3) is 0 Å². The van der Waals surface area contributed by atoms with Gasteiger partial charge in [0.15, 0.2) is 0 Å².